The molecule has 0 aliphatic rings. The van der Waals surface area contributed by atoms with Crippen LogP contribution in [-0.4, -0.2) is 28.7 Å². The summed E-state index contributed by atoms with van der Waals surface area (Å²) in [4.78, 5) is 28.5. The summed E-state index contributed by atoms with van der Waals surface area (Å²) in [6.45, 7) is 5.75. The molecule has 1 N–H and O–H groups in total. The number of hydrogen-bond donors (Lipinski definition) is 1. The minimum absolute atomic E-state index is 0.00747. The molecule has 0 radical (unpaired) electrons. The molecule has 0 unspecified atom stereocenters. The number of benzene rings is 2. The lowest BCUT2D eigenvalue weighted by Crippen LogP contribution is -2.30. The Morgan fingerprint density at radius 2 is 1.82 bits per heavy atom. The fourth-order valence-electron chi connectivity index (χ4n) is 2.51. The van der Waals surface area contributed by atoms with Gasteiger partial charge >= 0.3 is 5.97 Å². The van der Waals surface area contributed by atoms with Crippen LogP contribution in [0.1, 0.15) is 32.3 Å². The second kappa shape index (κ2) is 8.93. The molecule has 146 valence electrons. The Bertz CT molecular complexity index is 933. The molecule has 0 aliphatic carbocycles. The van der Waals surface area contributed by atoms with Crippen molar-refractivity contribution in [2.75, 3.05) is 11.1 Å². The molecule has 0 bridgehead atoms. The fourth-order valence-corrected chi connectivity index (χ4v) is 3.13. The van der Waals surface area contributed by atoms with Gasteiger partial charge in [0.1, 0.15) is 11.3 Å². The SMILES string of the molecule is CC(C)c1ccc(NC(=O)[C@@H](C)OC(=O)CSc2nc3ccccc3o2)cc1. The number of para-hydroxylation sites is 2. The molecule has 0 saturated carbocycles. The van der Waals surface area contributed by atoms with Crippen molar-refractivity contribution in [3.63, 3.8) is 0 Å². The lowest BCUT2D eigenvalue weighted by Gasteiger charge is -2.14. The Hall–Kier alpha value is -2.80. The predicted octanol–water partition coefficient (Wildman–Crippen LogP) is 4.61. The van der Waals surface area contributed by atoms with E-state index in [9.17, 15) is 9.59 Å². The van der Waals surface area contributed by atoms with Gasteiger partial charge in [-0.3, -0.25) is 9.59 Å². The van der Waals surface area contributed by atoms with Crippen molar-refractivity contribution >= 4 is 40.4 Å². The summed E-state index contributed by atoms with van der Waals surface area (Å²) in [6.07, 6.45) is -0.901. The summed E-state index contributed by atoms with van der Waals surface area (Å²) in [5.74, 6) is -0.459. The third kappa shape index (κ3) is 5.13. The Balaban J connectivity index is 1.48. The van der Waals surface area contributed by atoms with Gasteiger partial charge in [-0.2, -0.15) is 0 Å². The van der Waals surface area contributed by atoms with Crippen LogP contribution in [0.25, 0.3) is 11.1 Å². The van der Waals surface area contributed by atoms with Crippen LogP contribution in [0.5, 0.6) is 0 Å². The molecule has 2 aromatic carbocycles. The summed E-state index contributed by atoms with van der Waals surface area (Å²) in [7, 11) is 0. The number of anilines is 1. The first-order valence-corrected chi connectivity index (χ1v) is 9.99. The summed E-state index contributed by atoms with van der Waals surface area (Å²) >= 11 is 1.13. The maximum absolute atomic E-state index is 12.2. The van der Waals surface area contributed by atoms with E-state index in [0.29, 0.717) is 22.4 Å². The van der Waals surface area contributed by atoms with Gasteiger partial charge in [-0.15, -0.1) is 0 Å². The number of oxazole rings is 1. The summed E-state index contributed by atoms with van der Waals surface area (Å²) in [5, 5.41) is 3.14. The Kier molecular flexibility index (Phi) is 6.36. The zero-order valence-corrected chi connectivity index (χ0v) is 16.8. The number of hydrogen-bond acceptors (Lipinski definition) is 6. The monoisotopic (exact) mass is 398 g/mol. The second-order valence-corrected chi connectivity index (χ2v) is 7.56. The van der Waals surface area contributed by atoms with E-state index >= 15 is 0 Å². The number of carbonyl (C=O) groups excluding carboxylic acids is 2. The van der Waals surface area contributed by atoms with Gasteiger partial charge in [0.25, 0.3) is 11.1 Å². The van der Waals surface area contributed by atoms with Gasteiger partial charge in [0.05, 0.1) is 0 Å². The maximum atomic E-state index is 12.2. The Morgan fingerprint density at radius 1 is 1.11 bits per heavy atom. The predicted molar refractivity (Wildman–Crippen MR) is 109 cm³/mol. The highest BCUT2D eigenvalue weighted by atomic mass is 32.2. The average molecular weight is 398 g/mol. The number of rotatable bonds is 7. The topological polar surface area (TPSA) is 81.4 Å². The minimum atomic E-state index is -0.901. The van der Waals surface area contributed by atoms with Crippen molar-refractivity contribution in [2.45, 2.75) is 38.0 Å². The smallest absolute Gasteiger partial charge is 0.317 e. The molecule has 0 spiro atoms. The van der Waals surface area contributed by atoms with Crippen LogP contribution in [0.4, 0.5) is 5.69 Å². The first kappa shape index (κ1) is 19.9. The fraction of sp³-hybridized carbons (Fsp3) is 0.286. The number of carbonyl (C=O) groups is 2. The number of nitrogens with zero attached hydrogens (tertiary/aromatic N) is 1. The van der Waals surface area contributed by atoms with Crippen LogP contribution in [-0.2, 0) is 14.3 Å². The molecule has 1 heterocycles. The average Bonchev–Trinajstić information content (AvgIpc) is 3.09. The second-order valence-electron chi connectivity index (χ2n) is 6.63. The van der Waals surface area contributed by atoms with Crippen LogP contribution in [0.15, 0.2) is 58.2 Å². The quantitative estimate of drug-likeness (QED) is 0.462. The highest BCUT2D eigenvalue weighted by Gasteiger charge is 2.19. The lowest BCUT2D eigenvalue weighted by atomic mass is 10.0. The van der Waals surface area contributed by atoms with Crippen LogP contribution in [0.3, 0.4) is 0 Å². The van der Waals surface area contributed by atoms with Crippen molar-refractivity contribution in [2.24, 2.45) is 0 Å². The van der Waals surface area contributed by atoms with E-state index < -0.39 is 12.1 Å². The van der Waals surface area contributed by atoms with Crippen molar-refractivity contribution in [1.29, 1.82) is 0 Å². The van der Waals surface area contributed by atoms with Crippen LogP contribution in [0, 0.1) is 0 Å². The first-order valence-electron chi connectivity index (χ1n) is 9.01. The molecule has 7 heteroatoms. The zero-order chi connectivity index (χ0) is 20.1. The molecular formula is C21H22N2O4S. The highest BCUT2D eigenvalue weighted by Crippen LogP contribution is 2.23. The van der Waals surface area contributed by atoms with Gasteiger partial charge in [0.15, 0.2) is 11.7 Å². The number of ether oxygens (including phenoxy) is 1. The van der Waals surface area contributed by atoms with E-state index in [0.717, 1.165) is 17.3 Å². The van der Waals surface area contributed by atoms with Crippen LogP contribution in [0.2, 0.25) is 0 Å². The van der Waals surface area contributed by atoms with Crippen molar-refractivity contribution < 1.29 is 18.7 Å². The molecular weight excluding hydrogens is 376 g/mol. The molecule has 0 aliphatic heterocycles. The number of nitrogens with one attached hydrogen (secondary N) is 1. The van der Waals surface area contributed by atoms with Crippen LogP contribution < -0.4 is 5.32 Å². The third-order valence-corrected chi connectivity index (χ3v) is 4.91. The molecule has 6 nitrogen and oxygen atoms in total. The minimum Gasteiger partial charge on any atom is -0.452 e. The van der Waals surface area contributed by atoms with E-state index in [-0.39, 0.29) is 11.7 Å². The van der Waals surface area contributed by atoms with Crippen molar-refractivity contribution in [3.05, 3.63) is 54.1 Å². The molecule has 0 fully saturated rings. The van der Waals surface area contributed by atoms with E-state index in [1.54, 1.807) is 6.92 Å². The number of thioether (sulfide) groups is 1. The Labute approximate surface area is 167 Å². The number of aromatic nitrogens is 1. The normalized spacial score (nSPS) is 12.1. The van der Waals surface area contributed by atoms with Gasteiger partial charge in [-0.1, -0.05) is 49.9 Å². The third-order valence-electron chi connectivity index (χ3n) is 4.11. The van der Waals surface area contributed by atoms with Gasteiger partial charge in [0, 0.05) is 5.69 Å². The number of amides is 1. The van der Waals surface area contributed by atoms with E-state index in [4.69, 9.17) is 9.15 Å². The summed E-state index contributed by atoms with van der Waals surface area (Å²) in [5.41, 5.74) is 3.25. The van der Waals surface area contributed by atoms with E-state index in [1.807, 2.05) is 48.5 Å². The number of fused-ring (bicyclic) bond motifs is 1. The molecule has 28 heavy (non-hydrogen) atoms. The van der Waals surface area contributed by atoms with Gasteiger partial charge in [-0.05, 0) is 42.7 Å². The standard InChI is InChI=1S/C21H22N2O4S/c1-13(2)15-8-10-16(11-9-15)22-20(25)14(3)26-19(24)12-28-21-23-17-6-4-5-7-18(17)27-21/h4-11,13-14H,12H2,1-3H3,(H,22,25)/t14-/m1/s1. The Morgan fingerprint density at radius 3 is 2.50 bits per heavy atom. The molecule has 1 aromatic heterocycles. The van der Waals surface area contributed by atoms with Crippen molar-refractivity contribution in [1.82, 2.24) is 4.98 Å². The van der Waals surface area contributed by atoms with Gasteiger partial charge in [0.2, 0.25) is 0 Å². The molecule has 1 amide bonds. The summed E-state index contributed by atoms with van der Waals surface area (Å²) in [6, 6.07) is 15.0. The van der Waals surface area contributed by atoms with Gasteiger partial charge in [-0.25, -0.2) is 4.98 Å². The molecule has 0 saturated heterocycles. The lowest BCUT2D eigenvalue weighted by molar-refractivity contribution is -0.150. The highest BCUT2D eigenvalue weighted by molar-refractivity contribution is 7.99. The summed E-state index contributed by atoms with van der Waals surface area (Å²) < 4.78 is 10.7. The van der Waals surface area contributed by atoms with Gasteiger partial charge < -0.3 is 14.5 Å². The largest absolute Gasteiger partial charge is 0.452 e. The van der Waals surface area contributed by atoms with Crippen LogP contribution >= 0.6 is 11.8 Å². The number of esters is 1. The van der Waals surface area contributed by atoms with E-state index in [1.165, 1.54) is 5.56 Å². The van der Waals surface area contributed by atoms with E-state index in [2.05, 4.69) is 24.1 Å². The zero-order valence-electron chi connectivity index (χ0n) is 16.0. The maximum Gasteiger partial charge on any atom is 0.317 e. The molecule has 3 aromatic rings. The molecule has 3 rings (SSSR count). The van der Waals surface area contributed by atoms with Crippen molar-refractivity contribution in [3.8, 4) is 0 Å². The molecule has 1 atom stereocenters. The first-order chi connectivity index (χ1) is 13.4.